The fourth-order valence-corrected chi connectivity index (χ4v) is 2.19. The lowest BCUT2D eigenvalue weighted by atomic mass is 10.2. The number of cyclic esters (lactones) is 1. The standard InChI is InChI=1S/C14H13ClN4O3/c1-8-2-4-10(5-3-8)19-7-9(17-18-19)6-16-12-11(15)13(20)22-14(12)21/h2-5,7,14,16,21H,6H2,1H3. The number of aryl methyl sites for hydroxylation is 1. The Morgan fingerprint density at radius 1 is 1.41 bits per heavy atom. The molecule has 3 rings (SSSR count). The van der Waals surface area contributed by atoms with Crippen molar-refractivity contribution in [2.24, 2.45) is 0 Å². The number of aliphatic hydroxyl groups is 1. The van der Waals surface area contributed by atoms with E-state index in [4.69, 9.17) is 11.6 Å². The first-order valence-corrected chi connectivity index (χ1v) is 6.93. The lowest BCUT2D eigenvalue weighted by Crippen LogP contribution is -2.22. The first-order chi connectivity index (χ1) is 10.5. The van der Waals surface area contributed by atoms with E-state index in [-0.39, 0.29) is 17.3 Å². The summed E-state index contributed by atoms with van der Waals surface area (Å²) in [6, 6.07) is 7.84. The molecule has 22 heavy (non-hydrogen) atoms. The van der Waals surface area contributed by atoms with Gasteiger partial charge in [-0.3, -0.25) is 0 Å². The largest absolute Gasteiger partial charge is 0.425 e. The number of nitrogens with one attached hydrogen (secondary N) is 1. The summed E-state index contributed by atoms with van der Waals surface area (Å²) in [6.45, 7) is 2.26. The number of nitrogens with zero attached hydrogens (tertiary/aromatic N) is 3. The number of hydrogen-bond donors (Lipinski definition) is 2. The molecule has 0 bridgehead atoms. The summed E-state index contributed by atoms with van der Waals surface area (Å²) in [4.78, 5) is 11.2. The van der Waals surface area contributed by atoms with E-state index in [9.17, 15) is 9.90 Å². The maximum Gasteiger partial charge on any atom is 0.354 e. The number of rotatable bonds is 4. The Balaban J connectivity index is 1.70. The normalized spacial score (nSPS) is 17.8. The zero-order valence-corrected chi connectivity index (χ0v) is 12.4. The molecule has 2 N–H and O–H groups in total. The van der Waals surface area contributed by atoms with Gasteiger partial charge in [-0.15, -0.1) is 5.10 Å². The molecule has 1 unspecified atom stereocenters. The predicted octanol–water partition coefficient (Wildman–Crippen LogP) is 0.991. The average molecular weight is 321 g/mol. The molecule has 0 saturated heterocycles. The molecule has 114 valence electrons. The van der Waals surface area contributed by atoms with Crippen LogP contribution in [0, 0.1) is 6.92 Å². The van der Waals surface area contributed by atoms with Crippen molar-refractivity contribution in [1.29, 1.82) is 0 Å². The molecule has 0 fully saturated rings. The summed E-state index contributed by atoms with van der Waals surface area (Å²) in [7, 11) is 0. The zero-order valence-electron chi connectivity index (χ0n) is 11.7. The highest BCUT2D eigenvalue weighted by molar-refractivity contribution is 6.42. The van der Waals surface area contributed by atoms with Crippen molar-refractivity contribution >= 4 is 17.6 Å². The van der Waals surface area contributed by atoms with E-state index in [1.165, 1.54) is 0 Å². The van der Waals surface area contributed by atoms with Gasteiger partial charge in [0.25, 0.3) is 0 Å². The van der Waals surface area contributed by atoms with Crippen LogP contribution in [-0.4, -0.2) is 32.4 Å². The second kappa shape index (κ2) is 5.78. The summed E-state index contributed by atoms with van der Waals surface area (Å²) in [5.41, 5.74) is 2.81. The maximum absolute atomic E-state index is 11.2. The minimum atomic E-state index is -1.37. The van der Waals surface area contributed by atoms with E-state index in [1.54, 1.807) is 10.9 Å². The van der Waals surface area contributed by atoms with Crippen LogP contribution in [-0.2, 0) is 16.1 Å². The third-order valence-electron chi connectivity index (χ3n) is 3.18. The molecule has 0 saturated carbocycles. The second-order valence-electron chi connectivity index (χ2n) is 4.83. The third-order valence-corrected chi connectivity index (χ3v) is 3.54. The quantitative estimate of drug-likeness (QED) is 0.817. The molecule has 1 aliphatic rings. The van der Waals surface area contributed by atoms with E-state index in [1.807, 2.05) is 31.2 Å². The van der Waals surface area contributed by atoms with E-state index in [2.05, 4.69) is 20.4 Å². The number of hydrogen-bond acceptors (Lipinski definition) is 6. The molecule has 2 aromatic rings. The Bertz CT molecular complexity index is 739. The van der Waals surface area contributed by atoms with Gasteiger partial charge in [-0.2, -0.15) is 0 Å². The van der Waals surface area contributed by atoms with Crippen molar-refractivity contribution < 1.29 is 14.6 Å². The van der Waals surface area contributed by atoms with Gasteiger partial charge in [-0.05, 0) is 19.1 Å². The van der Waals surface area contributed by atoms with Gasteiger partial charge < -0.3 is 15.2 Å². The summed E-state index contributed by atoms with van der Waals surface area (Å²) in [6.07, 6.45) is 0.378. The SMILES string of the molecule is Cc1ccc(-n2cc(CNC3=C(Cl)C(=O)OC3O)nn2)cc1. The molecule has 7 nitrogen and oxygen atoms in total. The van der Waals surface area contributed by atoms with Gasteiger partial charge in [-0.25, -0.2) is 9.48 Å². The predicted molar refractivity (Wildman–Crippen MR) is 77.9 cm³/mol. The van der Waals surface area contributed by atoms with Gasteiger partial charge in [-0.1, -0.05) is 34.5 Å². The number of benzene rings is 1. The zero-order chi connectivity index (χ0) is 15.7. The summed E-state index contributed by atoms with van der Waals surface area (Å²) in [5.74, 6) is -0.750. The van der Waals surface area contributed by atoms with Crippen molar-refractivity contribution in [3.63, 3.8) is 0 Å². The van der Waals surface area contributed by atoms with Crippen LogP contribution in [0.2, 0.25) is 0 Å². The lowest BCUT2D eigenvalue weighted by Gasteiger charge is -2.08. The van der Waals surface area contributed by atoms with Crippen LogP contribution in [0.3, 0.4) is 0 Å². The Hall–Kier alpha value is -2.38. The number of aromatic nitrogens is 3. The molecular weight excluding hydrogens is 308 g/mol. The number of halogens is 1. The first kappa shape index (κ1) is 14.6. The van der Waals surface area contributed by atoms with E-state index >= 15 is 0 Å². The Morgan fingerprint density at radius 3 is 2.77 bits per heavy atom. The fraction of sp³-hybridized carbons (Fsp3) is 0.214. The highest BCUT2D eigenvalue weighted by Crippen LogP contribution is 2.22. The summed E-state index contributed by atoms with van der Waals surface area (Å²) < 4.78 is 6.21. The summed E-state index contributed by atoms with van der Waals surface area (Å²) >= 11 is 5.75. The van der Waals surface area contributed by atoms with Crippen LogP contribution in [0.5, 0.6) is 0 Å². The minimum Gasteiger partial charge on any atom is -0.425 e. The average Bonchev–Trinajstić information content (AvgIpc) is 3.05. The van der Waals surface area contributed by atoms with Crippen LogP contribution in [0.25, 0.3) is 5.69 Å². The highest BCUT2D eigenvalue weighted by Gasteiger charge is 2.31. The topological polar surface area (TPSA) is 89.3 Å². The number of carbonyl (C=O) groups excluding carboxylic acids is 1. The van der Waals surface area contributed by atoms with Crippen molar-refractivity contribution in [3.8, 4) is 5.69 Å². The van der Waals surface area contributed by atoms with E-state index in [0.717, 1.165) is 11.3 Å². The van der Waals surface area contributed by atoms with Gasteiger partial charge in [0.05, 0.1) is 18.4 Å². The van der Waals surface area contributed by atoms with Gasteiger partial charge in [0.2, 0.25) is 6.29 Å². The first-order valence-electron chi connectivity index (χ1n) is 6.55. The number of esters is 1. The van der Waals surface area contributed by atoms with Crippen LogP contribution < -0.4 is 5.32 Å². The highest BCUT2D eigenvalue weighted by atomic mass is 35.5. The van der Waals surface area contributed by atoms with Crippen LogP contribution in [0.15, 0.2) is 41.2 Å². The van der Waals surface area contributed by atoms with Gasteiger partial charge in [0.15, 0.2) is 5.03 Å². The molecule has 0 radical (unpaired) electrons. The molecule has 1 atom stereocenters. The number of ether oxygens (including phenoxy) is 1. The molecular formula is C14H13ClN4O3. The Morgan fingerprint density at radius 2 is 2.14 bits per heavy atom. The molecule has 0 amide bonds. The Labute approximate surface area is 131 Å². The third kappa shape index (κ3) is 2.81. The maximum atomic E-state index is 11.2. The molecule has 2 heterocycles. The van der Waals surface area contributed by atoms with Crippen molar-refractivity contribution in [3.05, 3.63) is 52.4 Å². The van der Waals surface area contributed by atoms with Crippen LogP contribution in [0.4, 0.5) is 0 Å². The Kier molecular flexibility index (Phi) is 3.82. The van der Waals surface area contributed by atoms with Crippen molar-refractivity contribution in [2.75, 3.05) is 0 Å². The molecule has 1 aromatic carbocycles. The molecule has 0 aliphatic carbocycles. The van der Waals surface area contributed by atoms with E-state index in [0.29, 0.717) is 5.69 Å². The molecule has 1 aromatic heterocycles. The lowest BCUT2D eigenvalue weighted by molar-refractivity contribution is -0.151. The van der Waals surface area contributed by atoms with Crippen LogP contribution >= 0.6 is 11.6 Å². The molecule has 0 spiro atoms. The van der Waals surface area contributed by atoms with Crippen molar-refractivity contribution in [1.82, 2.24) is 20.3 Å². The smallest absolute Gasteiger partial charge is 0.354 e. The number of aliphatic hydroxyl groups excluding tert-OH is 1. The van der Waals surface area contributed by atoms with Crippen LogP contribution in [0.1, 0.15) is 11.3 Å². The van der Waals surface area contributed by atoms with Gasteiger partial charge in [0.1, 0.15) is 11.4 Å². The molecule has 1 aliphatic heterocycles. The summed E-state index contributed by atoms with van der Waals surface area (Å²) in [5, 5.41) is 20.3. The van der Waals surface area contributed by atoms with Gasteiger partial charge in [0, 0.05) is 0 Å². The monoisotopic (exact) mass is 320 g/mol. The molecule has 8 heteroatoms. The minimum absolute atomic E-state index is 0.136. The van der Waals surface area contributed by atoms with Gasteiger partial charge >= 0.3 is 5.97 Å². The second-order valence-corrected chi connectivity index (χ2v) is 5.21. The van der Waals surface area contributed by atoms with E-state index < -0.39 is 12.3 Å². The van der Waals surface area contributed by atoms with Crippen molar-refractivity contribution in [2.45, 2.75) is 19.8 Å². The number of carbonyl (C=O) groups is 1. The fourth-order valence-electron chi connectivity index (χ4n) is 1.98.